The van der Waals surface area contributed by atoms with Crippen LogP contribution in [0.15, 0.2) is 36.6 Å². The molecule has 0 aromatic heterocycles. The van der Waals surface area contributed by atoms with E-state index in [0.717, 1.165) is 12.0 Å². The van der Waals surface area contributed by atoms with Gasteiger partial charge in [-0.2, -0.15) is 0 Å². The molecule has 0 aliphatic rings. The summed E-state index contributed by atoms with van der Waals surface area (Å²) in [6.45, 7) is 7.42. The van der Waals surface area contributed by atoms with Gasteiger partial charge in [-0.1, -0.05) is 25.6 Å². The third-order valence-electron chi connectivity index (χ3n) is 1.90. The van der Waals surface area contributed by atoms with Crippen LogP contribution >= 0.6 is 0 Å². The Morgan fingerprint density at radius 2 is 1.93 bits per heavy atom. The minimum Gasteiger partial charge on any atom is -0.444 e. The second-order valence-electron chi connectivity index (χ2n) is 3.18. The Bertz CT molecular complexity index is 338. The summed E-state index contributed by atoms with van der Waals surface area (Å²) in [6, 6.07) is 7.80. The van der Waals surface area contributed by atoms with Gasteiger partial charge in [0.25, 0.3) is 0 Å². The number of allylic oxidation sites excluding steroid dienone is 1. The van der Waals surface area contributed by atoms with E-state index >= 15 is 0 Å². The highest BCUT2D eigenvalue weighted by atomic mass is 16.5. The molecule has 2 nitrogen and oxygen atoms in total. The van der Waals surface area contributed by atoms with Crippen LogP contribution in [0, 0.1) is 5.41 Å². The molecule has 0 saturated heterocycles. The number of hydrogen-bond donors (Lipinski definition) is 1. The molecule has 14 heavy (non-hydrogen) atoms. The number of aryl methyl sites for hydroxylation is 1. The van der Waals surface area contributed by atoms with Crippen molar-refractivity contribution in [2.24, 2.45) is 0 Å². The van der Waals surface area contributed by atoms with E-state index in [1.807, 2.05) is 24.3 Å². The normalized spacial score (nSPS) is 9.57. The lowest BCUT2D eigenvalue weighted by atomic mass is 10.1. The number of benzene rings is 1. The van der Waals surface area contributed by atoms with Gasteiger partial charge in [-0.05, 0) is 31.0 Å². The molecule has 0 saturated carbocycles. The predicted molar refractivity (Wildman–Crippen MR) is 58.5 cm³/mol. The maximum atomic E-state index is 7.60. The lowest BCUT2D eigenvalue weighted by Gasteiger charge is -2.06. The highest BCUT2D eigenvalue weighted by Crippen LogP contribution is 2.07. The van der Waals surface area contributed by atoms with Crippen LogP contribution in [0.2, 0.25) is 0 Å². The smallest absolute Gasteiger partial charge is 0.218 e. The van der Waals surface area contributed by atoms with Gasteiger partial charge in [0.1, 0.15) is 0 Å². The van der Waals surface area contributed by atoms with E-state index < -0.39 is 0 Å². The molecule has 2 heteroatoms. The molecular weight excluding hydrogens is 174 g/mol. The standard InChI is InChI=1S/C12H15NO/c1-4-10-5-7-11(8-6-10)12(13)14-9(2)3/h5-8,13H,2,4H2,1,3H3. The fraction of sp³-hybridized carbons (Fsp3) is 0.250. The van der Waals surface area contributed by atoms with Crippen LogP contribution in [0.4, 0.5) is 0 Å². The highest BCUT2D eigenvalue weighted by Gasteiger charge is 2.02. The molecule has 0 radical (unpaired) electrons. The molecular formula is C12H15NO. The summed E-state index contributed by atoms with van der Waals surface area (Å²) in [5.74, 6) is 0.690. The summed E-state index contributed by atoms with van der Waals surface area (Å²) in [5.41, 5.74) is 2.04. The van der Waals surface area contributed by atoms with Gasteiger partial charge in [0.2, 0.25) is 5.90 Å². The first-order valence-electron chi connectivity index (χ1n) is 4.64. The van der Waals surface area contributed by atoms with Gasteiger partial charge >= 0.3 is 0 Å². The Kier molecular flexibility index (Phi) is 3.46. The molecule has 0 atom stereocenters. The summed E-state index contributed by atoms with van der Waals surface area (Å²) in [5, 5.41) is 7.60. The van der Waals surface area contributed by atoms with E-state index in [-0.39, 0.29) is 5.90 Å². The maximum absolute atomic E-state index is 7.60. The van der Waals surface area contributed by atoms with Crippen molar-refractivity contribution in [3.8, 4) is 0 Å². The summed E-state index contributed by atoms with van der Waals surface area (Å²) in [4.78, 5) is 0. The minimum absolute atomic E-state index is 0.153. The van der Waals surface area contributed by atoms with Crippen LogP contribution < -0.4 is 0 Å². The molecule has 1 aromatic rings. The largest absolute Gasteiger partial charge is 0.444 e. The van der Waals surface area contributed by atoms with Crippen molar-refractivity contribution in [3.63, 3.8) is 0 Å². The highest BCUT2D eigenvalue weighted by molar-refractivity contribution is 5.92. The summed E-state index contributed by atoms with van der Waals surface area (Å²) < 4.78 is 5.10. The van der Waals surface area contributed by atoms with Crippen molar-refractivity contribution in [3.05, 3.63) is 47.7 Å². The Balaban J connectivity index is 2.76. The van der Waals surface area contributed by atoms with E-state index in [2.05, 4.69) is 13.5 Å². The van der Waals surface area contributed by atoms with E-state index in [4.69, 9.17) is 10.1 Å². The zero-order chi connectivity index (χ0) is 10.6. The Morgan fingerprint density at radius 1 is 1.36 bits per heavy atom. The van der Waals surface area contributed by atoms with Crippen LogP contribution in [-0.2, 0) is 11.2 Å². The molecule has 0 fully saturated rings. The molecule has 0 amide bonds. The Morgan fingerprint density at radius 3 is 2.36 bits per heavy atom. The van der Waals surface area contributed by atoms with Crippen LogP contribution in [0.25, 0.3) is 0 Å². The zero-order valence-corrected chi connectivity index (χ0v) is 8.63. The molecule has 0 unspecified atom stereocenters. The van der Waals surface area contributed by atoms with Gasteiger partial charge in [-0.25, -0.2) is 0 Å². The summed E-state index contributed by atoms with van der Waals surface area (Å²) in [6.07, 6.45) is 1.01. The van der Waals surface area contributed by atoms with Gasteiger partial charge in [-0.15, -0.1) is 0 Å². The summed E-state index contributed by atoms with van der Waals surface area (Å²) >= 11 is 0. The van der Waals surface area contributed by atoms with Crippen molar-refractivity contribution < 1.29 is 4.74 Å². The van der Waals surface area contributed by atoms with Crippen molar-refractivity contribution in [2.75, 3.05) is 0 Å². The first-order valence-corrected chi connectivity index (χ1v) is 4.64. The van der Waals surface area contributed by atoms with Crippen LogP contribution in [-0.4, -0.2) is 5.90 Å². The van der Waals surface area contributed by atoms with Gasteiger partial charge in [0.15, 0.2) is 0 Å². The molecule has 0 spiro atoms. The number of hydrogen-bond acceptors (Lipinski definition) is 2. The molecule has 1 aromatic carbocycles. The topological polar surface area (TPSA) is 33.1 Å². The Hall–Kier alpha value is -1.57. The Labute approximate surface area is 84.7 Å². The van der Waals surface area contributed by atoms with Crippen LogP contribution in [0.1, 0.15) is 25.0 Å². The molecule has 0 aliphatic heterocycles. The van der Waals surface area contributed by atoms with Crippen molar-refractivity contribution in [1.82, 2.24) is 0 Å². The lowest BCUT2D eigenvalue weighted by Crippen LogP contribution is -2.02. The molecule has 74 valence electrons. The third kappa shape index (κ3) is 2.73. The second-order valence-corrected chi connectivity index (χ2v) is 3.18. The van der Waals surface area contributed by atoms with Crippen molar-refractivity contribution >= 4 is 5.90 Å². The second kappa shape index (κ2) is 4.61. The van der Waals surface area contributed by atoms with Gasteiger partial charge in [0, 0.05) is 5.56 Å². The zero-order valence-electron chi connectivity index (χ0n) is 8.63. The minimum atomic E-state index is 0.153. The van der Waals surface area contributed by atoms with E-state index in [1.165, 1.54) is 5.56 Å². The predicted octanol–water partition coefficient (Wildman–Crippen LogP) is 3.12. The number of nitrogens with one attached hydrogen (secondary N) is 1. The van der Waals surface area contributed by atoms with E-state index in [1.54, 1.807) is 6.92 Å². The average Bonchev–Trinajstić information content (AvgIpc) is 2.17. The van der Waals surface area contributed by atoms with Crippen molar-refractivity contribution in [2.45, 2.75) is 20.3 Å². The molecule has 1 rings (SSSR count). The number of ether oxygens (including phenoxy) is 1. The molecule has 0 heterocycles. The quantitative estimate of drug-likeness (QED) is 0.442. The lowest BCUT2D eigenvalue weighted by molar-refractivity contribution is 0.418. The molecule has 0 aliphatic carbocycles. The summed E-state index contributed by atoms with van der Waals surface area (Å²) in [7, 11) is 0. The first kappa shape index (κ1) is 10.5. The van der Waals surface area contributed by atoms with Gasteiger partial charge in [-0.3, -0.25) is 5.41 Å². The number of rotatable bonds is 3. The van der Waals surface area contributed by atoms with Crippen LogP contribution in [0.3, 0.4) is 0 Å². The fourth-order valence-corrected chi connectivity index (χ4v) is 1.12. The van der Waals surface area contributed by atoms with E-state index in [9.17, 15) is 0 Å². The maximum Gasteiger partial charge on any atom is 0.218 e. The molecule has 0 bridgehead atoms. The van der Waals surface area contributed by atoms with Gasteiger partial charge < -0.3 is 4.74 Å². The van der Waals surface area contributed by atoms with Crippen LogP contribution in [0.5, 0.6) is 0 Å². The monoisotopic (exact) mass is 189 g/mol. The van der Waals surface area contributed by atoms with E-state index in [0.29, 0.717) is 5.76 Å². The molecule has 1 N–H and O–H groups in total. The SMILES string of the molecule is C=C(C)OC(=N)c1ccc(CC)cc1. The fourth-order valence-electron chi connectivity index (χ4n) is 1.12. The first-order chi connectivity index (χ1) is 6.63. The average molecular weight is 189 g/mol. The van der Waals surface area contributed by atoms with Gasteiger partial charge in [0.05, 0.1) is 5.76 Å². The third-order valence-corrected chi connectivity index (χ3v) is 1.90. The van der Waals surface area contributed by atoms with Crippen molar-refractivity contribution in [1.29, 1.82) is 5.41 Å².